The first-order chi connectivity index (χ1) is 6.17. The summed E-state index contributed by atoms with van der Waals surface area (Å²) in [6, 6.07) is 0. The van der Waals surface area contributed by atoms with E-state index in [9.17, 15) is 4.91 Å². The Morgan fingerprint density at radius 2 is 1.43 bits per heavy atom. The minimum Gasteiger partial charge on any atom is -0.0625 e. The van der Waals surface area contributed by atoms with E-state index < -0.39 is 0 Å². The van der Waals surface area contributed by atoms with Gasteiger partial charge in [-0.05, 0) is 11.8 Å². The van der Waals surface area contributed by atoms with E-state index >= 15 is 0 Å². The van der Waals surface area contributed by atoms with Gasteiger partial charge in [0.05, 0.1) is 0 Å². The van der Waals surface area contributed by atoms with Crippen molar-refractivity contribution in [2.24, 2.45) is 11.8 Å². The molecule has 0 bridgehead atoms. The van der Waals surface area contributed by atoms with Gasteiger partial charge in [0.25, 0.3) is 0 Å². The molecule has 1 heterocycles. The highest BCUT2D eigenvalue weighted by molar-refractivity contribution is 4.87. The summed E-state index contributed by atoms with van der Waals surface area (Å²) in [6.45, 7) is 12.8. The Bertz CT molecular complexity index is 221. The van der Waals surface area contributed by atoms with Crippen LogP contribution >= 0.6 is 0 Å². The van der Waals surface area contributed by atoms with Gasteiger partial charge >= 0.3 is 0 Å². The van der Waals surface area contributed by atoms with Gasteiger partial charge in [0.1, 0.15) is 0 Å². The molecular formula is C12H24NO+. The van der Waals surface area contributed by atoms with Crippen molar-refractivity contribution in [1.29, 1.82) is 0 Å². The predicted octanol–water partition coefficient (Wildman–Crippen LogP) is 3.39. The Balaban J connectivity index is 2.92. The second-order valence-corrected chi connectivity index (χ2v) is 6.33. The Morgan fingerprint density at radius 3 is 1.71 bits per heavy atom. The minimum atomic E-state index is -0.198. The fourth-order valence-electron chi connectivity index (χ4n) is 2.81. The van der Waals surface area contributed by atoms with Crippen LogP contribution < -0.4 is 0 Å². The van der Waals surface area contributed by atoms with E-state index in [2.05, 4.69) is 41.5 Å². The van der Waals surface area contributed by atoms with Crippen LogP contribution in [0, 0.1) is 16.7 Å². The number of nitrogens with zero attached hydrogens (tertiary/aromatic N) is 1. The molecule has 0 aromatic rings. The quantitative estimate of drug-likeness (QED) is 0.591. The Hall–Kier alpha value is -0.400. The van der Waals surface area contributed by atoms with Gasteiger partial charge in [-0.25, -0.2) is 0 Å². The summed E-state index contributed by atoms with van der Waals surface area (Å²) >= 11 is 0. The first kappa shape index (κ1) is 11.7. The van der Waals surface area contributed by atoms with Crippen molar-refractivity contribution >= 4 is 0 Å². The van der Waals surface area contributed by atoms with Gasteiger partial charge in [-0.2, -0.15) is 0 Å². The number of hydrogen-bond donors (Lipinski definition) is 0. The van der Waals surface area contributed by atoms with Crippen molar-refractivity contribution < 1.29 is 4.76 Å². The van der Waals surface area contributed by atoms with Gasteiger partial charge in [0.2, 0.25) is 11.1 Å². The Labute approximate surface area is 87.7 Å². The summed E-state index contributed by atoms with van der Waals surface area (Å²) in [6.07, 6.45) is 2.05. The lowest BCUT2D eigenvalue weighted by Crippen LogP contribution is -2.54. The minimum absolute atomic E-state index is 0.198. The molecular weight excluding hydrogens is 174 g/mol. The Kier molecular flexibility index (Phi) is 2.77. The number of nitroso groups, excluding NO2 is 1. The molecule has 2 heteroatoms. The monoisotopic (exact) mass is 198 g/mol. The van der Waals surface area contributed by atoms with Crippen LogP contribution in [0.3, 0.4) is 0 Å². The fraction of sp³-hybridized carbons (Fsp3) is 1.00. The molecule has 1 rings (SSSR count). The highest BCUT2D eigenvalue weighted by Crippen LogP contribution is 2.40. The van der Waals surface area contributed by atoms with Crippen LogP contribution in [0.2, 0.25) is 0 Å². The van der Waals surface area contributed by atoms with Crippen LogP contribution in [0.1, 0.15) is 54.4 Å². The molecule has 82 valence electrons. The highest BCUT2D eigenvalue weighted by Gasteiger charge is 2.53. The topological polar surface area (TPSA) is 20.1 Å². The van der Waals surface area contributed by atoms with E-state index in [0.717, 1.165) is 12.8 Å². The van der Waals surface area contributed by atoms with Crippen molar-refractivity contribution in [3.8, 4) is 0 Å². The molecule has 0 aromatic carbocycles. The van der Waals surface area contributed by atoms with Gasteiger partial charge in [0.15, 0.2) is 0 Å². The van der Waals surface area contributed by atoms with Crippen LogP contribution in [-0.2, 0) is 0 Å². The molecule has 0 unspecified atom stereocenters. The largest absolute Gasteiger partial charge is 0.206 e. The molecule has 0 saturated carbocycles. The molecule has 0 spiro atoms. The highest BCUT2D eigenvalue weighted by atomic mass is 16.3. The smallest absolute Gasteiger partial charge is 0.0625 e. The van der Waals surface area contributed by atoms with Gasteiger partial charge < -0.3 is 0 Å². The van der Waals surface area contributed by atoms with E-state index in [4.69, 9.17) is 0 Å². The van der Waals surface area contributed by atoms with Crippen molar-refractivity contribution in [2.45, 2.75) is 65.5 Å². The number of piperidine rings is 1. The molecule has 0 amide bonds. The van der Waals surface area contributed by atoms with Gasteiger partial charge in [-0.1, -0.05) is 13.8 Å². The van der Waals surface area contributed by atoms with Gasteiger partial charge in [-0.15, -0.1) is 0 Å². The van der Waals surface area contributed by atoms with Crippen molar-refractivity contribution in [1.82, 2.24) is 0 Å². The third-order valence-corrected chi connectivity index (χ3v) is 3.57. The molecule has 0 aromatic heterocycles. The van der Waals surface area contributed by atoms with E-state index in [0.29, 0.717) is 11.8 Å². The third kappa shape index (κ3) is 1.99. The van der Waals surface area contributed by atoms with Crippen LogP contribution in [-0.4, -0.2) is 15.8 Å². The lowest BCUT2D eigenvalue weighted by atomic mass is 9.71. The zero-order valence-corrected chi connectivity index (χ0v) is 10.4. The standard InChI is InChI=1S/C12H24NO/c1-9(2)10-7-11(3,4)13(14)12(5,6)8-10/h9-10H,7-8H2,1-6H3/q+1. The summed E-state index contributed by atoms with van der Waals surface area (Å²) in [5.41, 5.74) is -0.395. The maximum Gasteiger partial charge on any atom is 0.206 e. The maximum absolute atomic E-state index is 12.1. The lowest BCUT2D eigenvalue weighted by Gasteiger charge is -2.38. The Morgan fingerprint density at radius 1 is 1.07 bits per heavy atom. The summed E-state index contributed by atoms with van der Waals surface area (Å²) in [4.78, 5) is 12.1. The third-order valence-electron chi connectivity index (χ3n) is 3.57. The van der Waals surface area contributed by atoms with Gasteiger partial charge in [-0.3, -0.25) is 0 Å². The maximum atomic E-state index is 12.1. The summed E-state index contributed by atoms with van der Waals surface area (Å²) in [5, 5.41) is 0. The van der Waals surface area contributed by atoms with Crippen molar-refractivity contribution in [3.05, 3.63) is 4.91 Å². The van der Waals surface area contributed by atoms with Crippen LogP contribution in [0.25, 0.3) is 0 Å². The summed E-state index contributed by atoms with van der Waals surface area (Å²) in [7, 11) is 0. The van der Waals surface area contributed by atoms with Gasteiger partial charge in [0, 0.05) is 50.2 Å². The molecule has 0 N–H and O–H groups in total. The second kappa shape index (κ2) is 3.32. The summed E-state index contributed by atoms with van der Waals surface area (Å²) < 4.78 is 1.30. The zero-order chi connectivity index (χ0) is 11.1. The molecule has 1 aliphatic heterocycles. The molecule has 2 nitrogen and oxygen atoms in total. The van der Waals surface area contributed by atoms with E-state index in [1.165, 1.54) is 4.76 Å². The molecule has 1 saturated heterocycles. The van der Waals surface area contributed by atoms with E-state index in [-0.39, 0.29) is 11.1 Å². The molecule has 0 radical (unpaired) electrons. The van der Waals surface area contributed by atoms with E-state index in [1.807, 2.05) is 0 Å². The van der Waals surface area contributed by atoms with Crippen molar-refractivity contribution in [2.75, 3.05) is 0 Å². The normalized spacial score (nSPS) is 26.9. The average Bonchev–Trinajstić information content (AvgIpc) is 1.98. The van der Waals surface area contributed by atoms with Crippen LogP contribution in [0.5, 0.6) is 0 Å². The van der Waals surface area contributed by atoms with E-state index in [1.54, 1.807) is 0 Å². The fourth-order valence-corrected chi connectivity index (χ4v) is 2.81. The summed E-state index contributed by atoms with van der Waals surface area (Å²) in [5.74, 6) is 1.37. The molecule has 14 heavy (non-hydrogen) atoms. The SMILES string of the molecule is CC(C)C1CC(C)(C)[N+](=O)C(C)(C)C1. The molecule has 0 aliphatic carbocycles. The molecule has 0 atom stereocenters. The second-order valence-electron chi connectivity index (χ2n) is 6.33. The lowest BCUT2D eigenvalue weighted by molar-refractivity contribution is -0.696. The number of rotatable bonds is 1. The zero-order valence-electron chi connectivity index (χ0n) is 10.4. The van der Waals surface area contributed by atoms with Crippen LogP contribution in [0.15, 0.2) is 0 Å². The first-order valence-electron chi connectivity index (χ1n) is 5.64. The average molecular weight is 198 g/mol. The first-order valence-corrected chi connectivity index (χ1v) is 5.64. The molecule has 1 fully saturated rings. The molecule has 1 aliphatic rings. The predicted molar refractivity (Wildman–Crippen MR) is 59.3 cm³/mol. The van der Waals surface area contributed by atoms with Crippen LogP contribution in [0.4, 0.5) is 0 Å². The van der Waals surface area contributed by atoms with Crippen molar-refractivity contribution in [3.63, 3.8) is 0 Å². The number of hydrogen-bond acceptors (Lipinski definition) is 1.